The third-order valence-corrected chi connectivity index (χ3v) is 6.91. The van der Waals surface area contributed by atoms with Gasteiger partial charge in [-0.3, -0.25) is 0 Å². The standard InChI is InChI=1S/C22H32O5/c1-16-14-19-11-7-10-18(12-13-24-15-17-8-5-4-6-9-17)22(19)20(23-3)25-21(16,2)26-27-22/h4-6,8-9,16,18-20H,7,10-15H2,1-3H3/t16-,18-,19+,20-,21+,22?/m1/s1. The van der Waals surface area contributed by atoms with Crippen LogP contribution in [0.1, 0.15) is 51.5 Å². The molecule has 4 aliphatic rings. The molecule has 1 spiro atoms. The summed E-state index contributed by atoms with van der Waals surface area (Å²) in [6, 6.07) is 10.3. The fourth-order valence-corrected chi connectivity index (χ4v) is 5.17. The number of rotatable bonds is 6. The van der Waals surface area contributed by atoms with Gasteiger partial charge >= 0.3 is 0 Å². The molecule has 0 amide bonds. The van der Waals surface area contributed by atoms with Crippen molar-refractivity contribution >= 4 is 0 Å². The SMILES string of the molecule is CO[C@@H]1O[C@@]2(C)OOC13[C@@H](CCOCc1ccccc1)CCC[C@H]3C[C@H]2C. The Morgan fingerprint density at radius 1 is 1.15 bits per heavy atom. The van der Waals surface area contributed by atoms with Gasteiger partial charge in [-0.05, 0) is 50.0 Å². The first-order valence-electron chi connectivity index (χ1n) is 10.3. The summed E-state index contributed by atoms with van der Waals surface area (Å²) in [5, 5.41) is 0. The Morgan fingerprint density at radius 3 is 2.74 bits per heavy atom. The van der Waals surface area contributed by atoms with Gasteiger partial charge in [-0.25, -0.2) is 9.78 Å². The van der Waals surface area contributed by atoms with E-state index in [1.54, 1.807) is 7.11 Å². The lowest BCUT2D eigenvalue weighted by molar-refractivity contribution is -0.560. The van der Waals surface area contributed by atoms with Crippen molar-refractivity contribution in [2.45, 2.75) is 70.2 Å². The Balaban J connectivity index is 1.46. The molecule has 3 saturated heterocycles. The number of methoxy groups -OCH3 is 1. The normalized spacial score (nSPS) is 41.1. The minimum atomic E-state index is -0.738. The molecule has 1 aromatic rings. The smallest absolute Gasteiger partial charge is 0.204 e. The number of hydrogen-bond acceptors (Lipinski definition) is 5. The molecule has 150 valence electrons. The van der Waals surface area contributed by atoms with E-state index in [4.69, 9.17) is 24.0 Å². The second-order valence-corrected chi connectivity index (χ2v) is 8.51. The lowest BCUT2D eigenvalue weighted by atomic mass is 9.65. The maximum atomic E-state index is 6.32. The predicted octanol–water partition coefficient (Wildman–Crippen LogP) is 4.46. The van der Waals surface area contributed by atoms with Gasteiger partial charge in [0.2, 0.25) is 5.79 Å². The predicted molar refractivity (Wildman–Crippen MR) is 101 cm³/mol. The Bertz CT molecular complexity index is 618. The molecular weight excluding hydrogens is 344 g/mol. The highest BCUT2D eigenvalue weighted by Gasteiger charge is 2.65. The zero-order chi connectivity index (χ0) is 18.9. The van der Waals surface area contributed by atoms with Crippen LogP contribution in [0.2, 0.25) is 0 Å². The van der Waals surface area contributed by atoms with E-state index in [1.165, 1.54) is 12.0 Å². The van der Waals surface area contributed by atoms with Crippen LogP contribution in [-0.4, -0.2) is 31.4 Å². The molecule has 6 atom stereocenters. The van der Waals surface area contributed by atoms with E-state index in [9.17, 15) is 0 Å². The first-order chi connectivity index (χ1) is 13.1. The molecule has 27 heavy (non-hydrogen) atoms. The molecular formula is C22H32O5. The lowest BCUT2D eigenvalue weighted by Gasteiger charge is -2.53. The van der Waals surface area contributed by atoms with E-state index in [0.717, 1.165) is 25.7 Å². The van der Waals surface area contributed by atoms with Crippen LogP contribution in [-0.2, 0) is 30.6 Å². The first-order valence-corrected chi connectivity index (χ1v) is 10.3. The number of benzene rings is 1. The monoisotopic (exact) mass is 376 g/mol. The zero-order valence-electron chi connectivity index (χ0n) is 16.7. The van der Waals surface area contributed by atoms with Crippen LogP contribution < -0.4 is 0 Å². The zero-order valence-corrected chi connectivity index (χ0v) is 16.7. The maximum absolute atomic E-state index is 6.32. The summed E-state index contributed by atoms with van der Waals surface area (Å²) in [6.07, 6.45) is 4.99. The highest BCUT2D eigenvalue weighted by molar-refractivity contribution is 5.13. The van der Waals surface area contributed by atoms with Crippen LogP contribution in [0.4, 0.5) is 0 Å². The van der Waals surface area contributed by atoms with Gasteiger partial charge in [0.25, 0.3) is 0 Å². The molecule has 0 radical (unpaired) electrons. The first kappa shape index (κ1) is 19.3. The fourth-order valence-electron chi connectivity index (χ4n) is 5.17. The largest absolute Gasteiger partial charge is 0.377 e. The fraction of sp³-hybridized carbons (Fsp3) is 0.727. The quantitative estimate of drug-likeness (QED) is 0.542. The summed E-state index contributed by atoms with van der Waals surface area (Å²) in [7, 11) is 1.71. The summed E-state index contributed by atoms with van der Waals surface area (Å²) >= 11 is 0. The molecule has 2 bridgehead atoms. The summed E-state index contributed by atoms with van der Waals surface area (Å²) in [5.74, 6) is 0.205. The average Bonchev–Trinajstić information content (AvgIpc) is 2.86. The van der Waals surface area contributed by atoms with Crippen LogP contribution in [0.15, 0.2) is 30.3 Å². The molecule has 1 aliphatic carbocycles. The topological polar surface area (TPSA) is 46.2 Å². The number of ether oxygens (including phenoxy) is 3. The van der Waals surface area contributed by atoms with Gasteiger partial charge in [0.15, 0.2) is 11.9 Å². The van der Waals surface area contributed by atoms with Crippen molar-refractivity contribution in [2.75, 3.05) is 13.7 Å². The van der Waals surface area contributed by atoms with Gasteiger partial charge in [0, 0.05) is 19.6 Å². The molecule has 3 heterocycles. The van der Waals surface area contributed by atoms with Crippen molar-refractivity contribution in [3.8, 4) is 0 Å². The molecule has 0 N–H and O–H groups in total. The maximum Gasteiger partial charge on any atom is 0.204 e. The van der Waals surface area contributed by atoms with Crippen molar-refractivity contribution in [1.82, 2.24) is 0 Å². The van der Waals surface area contributed by atoms with E-state index < -0.39 is 17.7 Å². The second-order valence-electron chi connectivity index (χ2n) is 8.51. The third kappa shape index (κ3) is 3.45. The number of fused-ring (bicyclic) bond motifs is 3. The van der Waals surface area contributed by atoms with E-state index >= 15 is 0 Å². The highest BCUT2D eigenvalue weighted by Crippen LogP contribution is 2.56. The van der Waals surface area contributed by atoms with E-state index in [1.807, 2.05) is 25.1 Å². The van der Waals surface area contributed by atoms with Gasteiger partial charge in [-0.1, -0.05) is 43.7 Å². The molecule has 5 rings (SSSR count). The molecule has 5 heteroatoms. The molecule has 1 saturated carbocycles. The Kier molecular flexibility index (Phi) is 5.59. The molecule has 5 nitrogen and oxygen atoms in total. The van der Waals surface area contributed by atoms with Gasteiger partial charge in [-0.15, -0.1) is 0 Å². The molecule has 1 unspecified atom stereocenters. The summed E-state index contributed by atoms with van der Waals surface area (Å²) in [6.45, 7) is 5.48. The summed E-state index contributed by atoms with van der Waals surface area (Å²) < 4.78 is 18.1. The Hall–Kier alpha value is -0.980. The van der Waals surface area contributed by atoms with E-state index in [0.29, 0.717) is 25.0 Å². The highest BCUT2D eigenvalue weighted by atomic mass is 17.3. The van der Waals surface area contributed by atoms with Crippen molar-refractivity contribution in [1.29, 1.82) is 0 Å². The van der Waals surface area contributed by atoms with Gasteiger partial charge in [-0.2, -0.15) is 0 Å². The van der Waals surface area contributed by atoms with Crippen LogP contribution in [0.5, 0.6) is 0 Å². The van der Waals surface area contributed by atoms with Gasteiger partial charge < -0.3 is 14.2 Å². The van der Waals surface area contributed by atoms with Crippen LogP contribution in [0, 0.1) is 17.8 Å². The molecule has 3 aliphatic heterocycles. The van der Waals surface area contributed by atoms with Crippen LogP contribution in [0.3, 0.4) is 0 Å². The van der Waals surface area contributed by atoms with Crippen molar-refractivity contribution in [3.63, 3.8) is 0 Å². The minimum absolute atomic E-state index is 0.262. The van der Waals surface area contributed by atoms with Crippen molar-refractivity contribution in [2.24, 2.45) is 17.8 Å². The van der Waals surface area contributed by atoms with Crippen LogP contribution in [0.25, 0.3) is 0 Å². The lowest BCUT2D eigenvalue weighted by Crippen LogP contribution is -2.63. The van der Waals surface area contributed by atoms with Crippen molar-refractivity contribution in [3.05, 3.63) is 35.9 Å². The third-order valence-electron chi connectivity index (χ3n) is 6.91. The van der Waals surface area contributed by atoms with Gasteiger partial charge in [0.1, 0.15) is 0 Å². The summed E-state index contributed by atoms with van der Waals surface area (Å²) in [4.78, 5) is 12.0. The van der Waals surface area contributed by atoms with Crippen LogP contribution >= 0.6 is 0 Å². The van der Waals surface area contributed by atoms with Crippen molar-refractivity contribution < 1.29 is 24.0 Å². The molecule has 0 aromatic heterocycles. The number of hydrogen-bond donors (Lipinski definition) is 0. The molecule has 4 fully saturated rings. The van der Waals surface area contributed by atoms with E-state index in [2.05, 4.69) is 19.1 Å². The second kappa shape index (κ2) is 7.80. The van der Waals surface area contributed by atoms with E-state index in [-0.39, 0.29) is 5.92 Å². The average molecular weight is 376 g/mol. The Labute approximate surface area is 162 Å². The summed E-state index contributed by atoms with van der Waals surface area (Å²) in [5.41, 5.74) is 0.666. The van der Waals surface area contributed by atoms with Gasteiger partial charge in [0.05, 0.1) is 6.61 Å². The minimum Gasteiger partial charge on any atom is -0.377 e. The molecule has 1 aromatic carbocycles. The Morgan fingerprint density at radius 2 is 1.96 bits per heavy atom.